The van der Waals surface area contributed by atoms with Gasteiger partial charge >= 0.3 is 0 Å². The number of ether oxygens (including phenoxy) is 2. The van der Waals surface area contributed by atoms with Crippen LogP contribution in [0.15, 0.2) is 59.2 Å². The molecule has 0 aliphatic carbocycles. The second-order valence-electron chi connectivity index (χ2n) is 9.49. The van der Waals surface area contributed by atoms with Gasteiger partial charge in [0.25, 0.3) is 15.9 Å². The number of amides is 1. The monoisotopic (exact) mass is 665 g/mol. The van der Waals surface area contributed by atoms with E-state index in [1.54, 1.807) is 36.4 Å². The Hall–Kier alpha value is -3.65. The number of benzene rings is 3. The third-order valence-electron chi connectivity index (χ3n) is 6.86. The third-order valence-corrected chi connectivity index (χ3v) is 10.2. The molecule has 10 nitrogen and oxygen atoms in total. The lowest BCUT2D eigenvalue weighted by Gasteiger charge is -2.25. The summed E-state index contributed by atoms with van der Waals surface area (Å²) in [5.41, 5.74) is 1.07. The molecule has 0 radical (unpaired) electrons. The van der Waals surface area contributed by atoms with E-state index in [0.717, 1.165) is 54.4 Å². The lowest BCUT2D eigenvalue weighted by atomic mass is 10.1. The Bertz CT molecular complexity index is 1750. The normalized spacial score (nSPS) is 13.2. The molecule has 1 saturated heterocycles. The Kier molecular flexibility index (Phi) is 9.25. The maximum Gasteiger partial charge on any atom is 0.293 e. The minimum atomic E-state index is -4.42. The molecule has 226 valence electrons. The molecule has 3 aromatic carbocycles. The van der Waals surface area contributed by atoms with Crippen LogP contribution in [0, 0.1) is 5.82 Å². The number of sulfonamides is 1. The molecular weight excluding hydrogens is 640 g/mol. The van der Waals surface area contributed by atoms with Gasteiger partial charge in [-0.2, -0.15) is 12.8 Å². The summed E-state index contributed by atoms with van der Waals surface area (Å²) >= 11 is 13.4. The summed E-state index contributed by atoms with van der Waals surface area (Å²) in [5.74, 6) is -0.868. The largest absolute Gasteiger partial charge is 0.497 e. The lowest BCUT2D eigenvalue weighted by Crippen LogP contribution is -2.31. The lowest BCUT2D eigenvalue weighted by molar-refractivity contribution is 0.102. The molecule has 0 saturated carbocycles. The predicted molar refractivity (Wildman–Crippen MR) is 165 cm³/mol. The number of nitrogens with zero attached hydrogens (tertiary/aromatic N) is 4. The fourth-order valence-corrected chi connectivity index (χ4v) is 7.27. The van der Waals surface area contributed by atoms with E-state index < -0.39 is 21.7 Å². The van der Waals surface area contributed by atoms with Crippen LogP contribution in [0.3, 0.4) is 0 Å². The highest BCUT2D eigenvalue weighted by Gasteiger charge is 2.32. The van der Waals surface area contributed by atoms with Crippen LogP contribution >= 0.6 is 34.7 Å². The molecule has 0 bridgehead atoms. The number of hydrogen-bond acceptors (Lipinski definition) is 9. The fourth-order valence-electron chi connectivity index (χ4n) is 4.73. The summed E-state index contributed by atoms with van der Waals surface area (Å²) in [7, 11) is -1.51. The zero-order chi connectivity index (χ0) is 30.7. The number of halogens is 3. The van der Waals surface area contributed by atoms with Crippen LogP contribution in [0.2, 0.25) is 10.0 Å². The molecule has 1 fully saturated rings. The topological polar surface area (TPSA) is 114 Å². The number of carbonyl (C=O) groups is 1. The molecule has 4 aromatic rings. The highest BCUT2D eigenvalue weighted by molar-refractivity contribution is 7.94. The first-order valence-electron chi connectivity index (χ1n) is 13.0. The zero-order valence-electron chi connectivity index (χ0n) is 23.0. The van der Waals surface area contributed by atoms with E-state index in [1.165, 1.54) is 14.2 Å². The number of nitrogens with one attached hydrogen (secondary N) is 1. The van der Waals surface area contributed by atoms with Crippen molar-refractivity contribution in [1.82, 2.24) is 9.36 Å². The van der Waals surface area contributed by atoms with Crippen LogP contribution in [-0.4, -0.2) is 51.0 Å². The van der Waals surface area contributed by atoms with Gasteiger partial charge in [-0.15, -0.1) is 0 Å². The van der Waals surface area contributed by atoms with Crippen LogP contribution in [0.1, 0.15) is 28.8 Å². The Labute approximate surface area is 262 Å². The second-order valence-corrected chi connectivity index (χ2v) is 13.1. The molecule has 0 unspecified atom stereocenters. The predicted octanol–water partition coefficient (Wildman–Crippen LogP) is 6.25. The molecule has 43 heavy (non-hydrogen) atoms. The number of rotatable bonds is 10. The average molecular weight is 667 g/mol. The van der Waals surface area contributed by atoms with Crippen LogP contribution in [0.4, 0.5) is 21.5 Å². The molecule has 1 N–H and O–H groups in total. The molecule has 2 heterocycles. The minimum Gasteiger partial charge on any atom is -0.497 e. The zero-order valence-corrected chi connectivity index (χ0v) is 26.2. The number of anilines is 3. The van der Waals surface area contributed by atoms with Gasteiger partial charge in [0.15, 0.2) is 0 Å². The molecule has 1 aromatic heterocycles. The Morgan fingerprint density at radius 2 is 1.86 bits per heavy atom. The van der Waals surface area contributed by atoms with Gasteiger partial charge in [-0.1, -0.05) is 23.2 Å². The SMILES string of the molecule is COc1ccc(CN(c2cc(Cl)c(C(=O)Nc3ccc(Cl)cc3N3CCCC3)cc2F)S(=O)(=O)c2ncns2)c(OC)c1. The summed E-state index contributed by atoms with van der Waals surface area (Å²) in [6.07, 6.45) is 3.11. The summed E-state index contributed by atoms with van der Waals surface area (Å²) in [4.78, 5) is 19.3. The van der Waals surface area contributed by atoms with Crippen LogP contribution < -0.4 is 24.0 Å². The van der Waals surface area contributed by atoms with E-state index in [-0.39, 0.29) is 27.2 Å². The van der Waals surface area contributed by atoms with Crippen LogP contribution in [0.5, 0.6) is 11.5 Å². The average Bonchev–Trinajstić information content (AvgIpc) is 3.73. The van der Waals surface area contributed by atoms with Crippen molar-refractivity contribution in [2.75, 3.05) is 41.8 Å². The number of hydrogen-bond donors (Lipinski definition) is 1. The smallest absolute Gasteiger partial charge is 0.293 e. The van der Waals surface area contributed by atoms with Gasteiger partial charge in [0.05, 0.1) is 48.4 Å². The first-order valence-corrected chi connectivity index (χ1v) is 15.9. The van der Waals surface area contributed by atoms with E-state index in [4.69, 9.17) is 32.7 Å². The molecule has 1 aliphatic rings. The third kappa shape index (κ3) is 6.49. The van der Waals surface area contributed by atoms with Crippen molar-refractivity contribution in [2.45, 2.75) is 23.7 Å². The van der Waals surface area contributed by atoms with Crippen LogP contribution in [-0.2, 0) is 16.6 Å². The quantitative estimate of drug-likeness (QED) is 0.211. The van der Waals surface area contributed by atoms with Gasteiger partial charge in [-0.05, 0) is 66.8 Å². The van der Waals surface area contributed by atoms with E-state index in [2.05, 4.69) is 19.6 Å². The molecule has 0 spiro atoms. The fraction of sp³-hybridized carbons (Fsp3) is 0.250. The first kappa shape index (κ1) is 30.8. The molecule has 1 amide bonds. The van der Waals surface area contributed by atoms with Crippen molar-refractivity contribution in [2.24, 2.45) is 0 Å². The van der Waals surface area contributed by atoms with Gasteiger partial charge < -0.3 is 19.7 Å². The van der Waals surface area contributed by atoms with Crippen molar-refractivity contribution in [3.63, 3.8) is 0 Å². The summed E-state index contributed by atoms with van der Waals surface area (Å²) < 4.78 is 58.2. The van der Waals surface area contributed by atoms with Crippen molar-refractivity contribution in [3.05, 3.63) is 81.8 Å². The van der Waals surface area contributed by atoms with Gasteiger partial charge in [0.2, 0.25) is 4.34 Å². The van der Waals surface area contributed by atoms with Gasteiger partial charge in [0, 0.05) is 29.7 Å². The first-order chi connectivity index (χ1) is 20.6. The second kappa shape index (κ2) is 12.9. The van der Waals surface area contributed by atoms with E-state index in [9.17, 15) is 13.2 Å². The van der Waals surface area contributed by atoms with Crippen molar-refractivity contribution in [1.29, 1.82) is 0 Å². The standard InChI is InChI=1S/C28H26Cl2FN5O5S2/c1-40-19-7-5-17(26(12-19)41-2)15-36(43(38,39)28-32-16-33-42-28)24-14-21(30)20(13-22(24)31)27(37)34-23-8-6-18(29)11-25(23)35-9-3-4-10-35/h5-8,11-14,16H,3-4,9-10,15H2,1-2H3,(H,34,37). The molecule has 5 rings (SSSR count). The highest BCUT2D eigenvalue weighted by atomic mass is 35.5. The molecule has 0 atom stereocenters. The molecular formula is C28H26Cl2FN5O5S2. The van der Waals surface area contributed by atoms with Crippen molar-refractivity contribution in [3.8, 4) is 11.5 Å². The van der Waals surface area contributed by atoms with E-state index >= 15 is 4.39 Å². The van der Waals surface area contributed by atoms with Crippen LogP contribution in [0.25, 0.3) is 0 Å². The van der Waals surface area contributed by atoms with E-state index in [1.807, 2.05) is 0 Å². The van der Waals surface area contributed by atoms with Crippen molar-refractivity contribution < 1.29 is 27.1 Å². The van der Waals surface area contributed by atoms with Crippen molar-refractivity contribution >= 4 is 67.7 Å². The summed E-state index contributed by atoms with van der Waals surface area (Å²) in [5, 5.41) is 3.15. The van der Waals surface area contributed by atoms with Gasteiger partial charge in [-0.3, -0.25) is 9.10 Å². The molecule has 15 heteroatoms. The number of carbonyl (C=O) groups excluding carboxylic acids is 1. The Balaban J connectivity index is 1.52. The highest BCUT2D eigenvalue weighted by Crippen LogP contribution is 2.36. The maximum atomic E-state index is 15.9. The van der Waals surface area contributed by atoms with Gasteiger partial charge in [0.1, 0.15) is 23.6 Å². The Morgan fingerprint density at radius 1 is 1.09 bits per heavy atom. The number of aromatic nitrogens is 2. The Morgan fingerprint density at radius 3 is 2.53 bits per heavy atom. The maximum absolute atomic E-state index is 15.9. The van der Waals surface area contributed by atoms with Gasteiger partial charge in [-0.25, -0.2) is 9.37 Å². The summed E-state index contributed by atoms with van der Waals surface area (Å²) in [6, 6.07) is 11.9. The minimum absolute atomic E-state index is 0.162. The summed E-state index contributed by atoms with van der Waals surface area (Å²) in [6.45, 7) is 1.27. The van der Waals surface area contributed by atoms with E-state index in [0.29, 0.717) is 39.3 Å². The number of methoxy groups -OCH3 is 2. The molecule has 1 aliphatic heterocycles.